The van der Waals surface area contributed by atoms with Crippen molar-refractivity contribution in [2.75, 3.05) is 12.0 Å². The van der Waals surface area contributed by atoms with Crippen LogP contribution in [0, 0.1) is 13.8 Å². The smallest absolute Gasteiger partial charge is 0.302 e. The number of imidazole rings is 1. The van der Waals surface area contributed by atoms with Crippen LogP contribution in [-0.2, 0) is 9.59 Å². The summed E-state index contributed by atoms with van der Waals surface area (Å²) in [5.41, 5.74) is 3.56. The van der Waals surface area contributed by atoms with Gasteiger partial charge in [-0.15, -0.1) is 0 Å². The zero-order valence-electron chi connectivity index (χ0n) is 19.4. The second-order valence-corrected chi connectivity index (χ2v) is 8.50. The molecule has 0 saturated carbocycles. The molecule has 1 fully saturated rings. The van der Waals surface area contributed by atoms with Gasteiger partial charge in [0.1, 0.15) is 17.3 Å². The van der Waals surface area contributed by atoms with Crippen molar-refractivity contribution in [1.29, 1.82) is 0 Å². The summed E-state index contributed by atoms with van der Waals surface area (Å²) < 4.78 is 5.52. The van der Waals surface area contributed by atoms with Crippen LogP contribution in [0.25, 0.3) is 16.8 Å². The van der Waals surface area contributed by atoms with E-state index in [4.69, 9.17) is 4.74 Å². The van der Waals surface area contributed by atoms with Crippen LogP contribution >= 0.6 is 0 Å². The number of carbonyl (C=O) groups excluding carboxylic acids is 2. The first kappa shape index (κ1) is 22.2. The van der Waals surface area contributed by atoms with Crippen LogP contribution < -0.4 is 9.64 Å². The first-order valence-corrected chi connectivity index (χ1v) is 11.0. The van der Waals surface area contributed by atoms with Gasteiger partial charge in [-0.3, -0.25) is 14.5 Å². The van der Waals surface area contributed by atoms with Gasteiger partial charge in [0, 0.05) is 0 Å². The average molecular weight is 469 g/mol. The van der Waals surface area contributed by atoms with E-state index in [0.717, 1.165) is 11.1 Å². The molecule has 1 aromatic heterocycles. The summed E-state index contributed by atoms with van der Waals surface area (Å²) in [6.07, 6.45) is 0. The van der Waals surface area contributed by atoms with Crippen LogP contribution in [0.4, 0.5) is 5.95 Å². The molecule has 3 aromatic carbocycles. The average Bonchev–Trinajstić information content (AvgIpc) is 3.36. The van der Waals surface area contributed by atoms with Gasteiger partial charge < -0.3 is 19.9 Å². The number of hydrogen-bond donors (Lipinski definition) is 3. The molecule has 1 aliphatic heterocycles. The molecule has 0 spiro atoms. The number of fused-ring (bicyclic) bond motifs is 1. The quantitative estimate of drug-likeness (QED) is 0.230. The van der Waals surface area contributed by atoms with Crippen molar-refractivity contribution in [2.45, 2.75) is 19.9 Å². The molecular weight excluding hydrogens is 446 g/mol. The number of aromatic hydroxyl groups is 1. The van der Waals surface area contributed by atoms with E-state index in [0.29, 0.717) is 27.9 Å². The third-order valence-electron chi connectivity index (χ3n) is 6.11. The molecule has 1 amide bonds. The number of phenolic OH excluding ortho intramolecular Hbond substituents is 1. The Morgan fingerprint density at radius 2 is 1.83 bits per heavy atom. The molecule has 8 nitrogen and oxygen atoms in total. The van der Waals surface area contributed by atoms with Gasteiger partial charge in [0.05, 0.1) is 35.3 Å². The lowest BCUT2D eigenvalue weighted by Gasteiger charge is -2.23. The lowest BCUT2D eigenvalue weighted by Crippen LogP contribution is -2.30. The largest absolute Gasteiger partial charge is 0.508 e. The minimum absolute atomic E-state index is 0.0401. The van der Waals surface area contributed by atoms with Crippen LogP contribution in [0.1, 0.15) is 28.3 Å². The highest BCUT2D eigenvalue weighted by Crippen LogP contribution is 2.44. The molecule has 4 aromatic rings. The van der Waals surface area contributed by atoms with Gasteiger partial charge in [-0.1, -0.05) is 30.3 Å². The van der Waals surface area contributed by atoms with E-state index in [1.807, 2.05) is 38.1 Å². The van der Waals surface area contributed by atoms with Gasteiger partial charge in [-0.25, -0.2) is 4.98 Å². The number of aliphatic hydroxyl groups excluding tert-OH is 1. The van der Waals surface area contributed by atoms with Crippen molar-refractivity contribution >= 4 is 34.4 Å². The third-order valence-corrected chi connectivity index (χ3v) is 6.11. The molecule has 1 aliphatic rings. The number of nitrogens with zero attached hydrogens (tertiary/aromatic N) is 2. The van der Waals surface area contributed by atoms with E-state index in [1.165, 1.54) is 24.1 Å². The highest BCUT2D eigenvalue weighted by molar-refractivity contribution is 6.51. The molecule has 3 N–H and O–H groups in total. The fraction of sp³-hybridized carbons (Fsp3) is 0.148. The second-order valence-electron chi connectivity index (χ2n) is 8.50. The summed E-state index contributed by atoms with van der Waals surface area (Å²) in [6, 6.07) is 16.1. The van der Waals surface area contributed by atoms with E-state index in [-0.39, 0.29) is 23.0 Å². The molecule has 0 radical (unpaired) electrons. The number of Topliss-reactive ketones (excluding diaryl/α,β-unsaturated/α-hetero) is 1. The molecule has 5 rings (SSSR count). The zero-order chi connectivity index (χ0) is 24.9. The minimum Gasteiger partial charge on any atom is -0.508 e. The standard InChI is InChI=1S/C27H23N3O5/c1-14-11-15(2)25(35-3)18(12-14)23(32)21-22(16-7-6-8-17(31)13-16)30(26(34)24(21)33)27-28-19-9-4-5-10-20(19)29-27/h4-13,22,31-32H,1-3H3,(H,28,29)/b23-21+. The van der Waals surface area contributed by atoms with Gasteiger partial charge in [0.2, 0.25) is 5.95 Å². The van der Waals surface area contributed by atoms with Gasteiger partial charge in [0.15, 0.2) is 0 Å². The van der Waals surface area contributed by atoms with Crippen LogP contribution in [0.5, 0.6) is 11.5 Å². The number of aliphatic hydroxyl groups is 1. The number of ketones is 1. The molecular formula is C27H23N3O5. The summed E-state index contributed by atoms with van der Waals surface area (Å²) in [6.45, 7) is 3.70. The fourth-order valence-electron chi connectivity index (χ4n) is 4.66. The molecule has 0 bridgehead atoms. The number of ether oxygens (including phenoxy) is 1. The Kier molecular flexibility index (Phi) is 5.28. The molecule has 8 heteroatoms. The Morgan fingerprint density at radius 1 is 1.06 bits per heavy atom. The van der Waals surface area contributed by atoms with Gasteiger partial charge in [-0.2, -0.15) is 0 Å². The monoisotopic (exact) mass is 469 g/mol. The maximum absolute atomic E-state index is 13.4. The molecule has 35 heavy (non-hydrogen) atoms. The second kappa shape index (κ2) is 8.32. The van der Waals surface area contributed by atoms with Crippen LogP contribution in [0.15, 0.2) is 66.2 Å². The van der Waals surface area contributed by atoms with E-state index in [9.17, 15) is 19.8 Å². The molecule has 1 atom stereocenters. The van der Waals surface area contributed by atoms with Gasteiger partial charge >= 0.3 is 5.91 Å². The zero-order valence-corrected chi connectivity index (χ0v) is 19.4. The predicted octanol–water partition coefficient (Wildman–Crippen LogP) is 4.52. The number of anilines is 1. The number of carbonyl (C=O) groups is 2. The lowest BCUT2D eigenvalue weighted by atomic mass is 9.93. The number of phenols is 1. The number of benzene rings is 3. The summed E-state index contributed by atoms with van der Waals surface area (Å²) in [4.78, 5) is 35.6. The topological polar surface area (TPSA) is 116 Å². The Balaban J connectivity index is 1.79. The summed E-state index contributed by atoms with van der Waals surface area (Å²) >= 11 is 0. The van der Waals surface area contributed by atoms with E-state index in [1.54, 1.807) is 24.3 Å². The Bertz CT molecular complexity index is 1500. The Labute approximate surface area is 201 Å². The normalized spacial score (nSPS) is 17.3. The summed E-state index contributed by atoms with van der Waals surface area (Å²) in [7, 11) is 1.48. The van der Waals surface area contributed by atoms with Crippen LogP contribution in [0.3, 0.4) is 0 Å². The summed E-state index contributed by atoms with van der Waals surface area (Å²) in [5.74, 6) is -1.55. The number of hydrogen-bond acceptors (Lipinski definition) is 6. The number of para-hydroxylation sites is 2. The van der Waals surface area contributed by atoms with Crippen molar-refractivity contribution in [2.24, 2.45) is 0 Å². The predicted molar refractivity (Wildman–Crippen MR) is 131 cm³/mol. The number of nitrogens with one attached hydrogen (secondary N) is 1. The molecule has 1 saturated heterocycles. The van der Waals surface area contributed by atoms with Crippen molar-refractivity contribution in [3.05, 3.63) is 88.5 Å². The fourth-order valence-corrected chi connectivity index (χ4v) is 4.66. The third kappa shape index (κ3) is 3.59. The maximum Gasteiger partial charge on any atom is 0.302 e. The first-order chi connectivity index (χ1) is 16.8. The number of rotatable bonds is 4. The number of aromatic amines is 1. The Morgan fingerprint density at radius 3 is 2.54 bits per heavy atom. The highest BCUT2D eigenvalue weighted by Gasteiger charge is 2.48. The van der Waals surface area contributed by atoms with Crippen LogP contribution in [-0.4, -0.2) is 39.0 Å². The SMILES string of the molecule is COc1c(C)cc(C)cc1/C(O)=C1\C(=O)C(=O)N(c2nc3ccccc3[nH]2)C1c1cccc(O)c1. The molecule has 2 heterocycles. The first-order valence-electron chi connectivity index (χ1n) is 11.0. The lowest BCUT2D eigenvalue weighted by molar-refractivity contribution is -0.132. The minimum atomic E-state index is -1.03. The number of amides is 1. The van der Waals surface area contributed by atoms with E-state index < -0.39 is 17.7 Å². The van der Waals surface area contributed by atoms with E-state index in [2.05, 4.69) is 9.97 Å². The highest BCUT2D eigenvalue weighted by atomic mass is 16.5. The van der Waals surface area contributed by atoms with Gasteiger partial charge in [-0.05, 0) is 60.9 Å². The number of methoxy groups -OCH3 is 1. The van der Waals surface area contributed by atoms with Crippen molar-refractivity contribution in [1.82, 2.24) is 9.97 Å². The summed E-state index contributed by atoms with van der Waals surface area (Å²) in [5, 5.41) is 21.6. The van der Waals surface area contributed by atoms with E-state index >= 15 is 0 Å². The molecule has 176 valence electrons. The number of H-pyrrole nitrogens is 1. The molecule has 0 aliphatic carbocycles. The maximum atomic E-state index is 13.4. The van der Waals surface area contributed by atoms with Crippen molar-refractivity contribution < 1.29 is 24.5 Å². The van der Waals surface area contributed by atoms with Crippen LogP contribution in [0.2, 0.25) is 0 Å². The number of aryl methyl sites for hydroxylation is 2. The van der Waals surface area contributed by atoms with Gasteiger partial charge in [0.25, 0.3) is 5.78 Å². The Hall–Kier alpha value is -4.59. The molecule has 1 unspecified atom stereocenters. The van der Waals surface area contributed by atoms with Crippen molar-refractivity contribution in [3.63, 3.8) is 0 Å². The van der Waals surface area contributed by atoms with Crippen molar-refractivity contribution in [3.8, 4) is 11.5 Å². The number of aromatic nitrogens is 2.